The minimum absolute atomic E-state index is 0.0595. The number of hydrazone groups is 2. The predicted octanol–water partition coefficient (Wildman–Crippen LogP) is 6.58. The number of amides is 1. The summed E-state index contributed by atoms with van der Waals surface area (Å²) in [6.07, 6.45) is 2.42. The van der Waals surface area contributed by atoms with Crippen LogP contribution in [0.5, 0.6) is 5.75 Å². The molecule has 37 heavy (non-hydrogen) atoms. The van der Waals surface area contributed by atoms with Crippen LogP contribution in [0.3, 0.4) is 0 Å². The summed E-state index contributed by atoms with van der Waals surface area (Å²) in [5.41, 5.74) is 8.27. The highest BCUT2D eigenvalue weighted by atomic mass is 79.9. The van der Waals surface area contributed by atoms with Crippen molar-refractivity contribution < 1.29 is 9.53 Å². The van der Waals surface area contributed by atoms with Gasteiger partial charge in [-0.25, -0.2) is 5.43 Å². The fraction of sp³-hybridized carbons (Fsp3) is 0.100. The Morgan fingerprint density at radius 2 is 1.68 bits per heavy atom. The largest absolute Gasteiger partial charge is 0.497 e. The van der Waals surface area contributed by atoms with Crippen LogP contribution in [0.2, 0.25) is 0 Å². The lowest BCUT2D eigenvalue weighted by molar-refractivity contribution is 0.0954. The fourth-order valence-electron chi connectivity index (χ4n) is 4.22. The summed E-state index contributed by atoms with van der Waals surface area (Å²) in [7, 11) is 1.67. The summed E-state index contributed by atoms with van der Waals surface area (Å²) >= 11 is 3.39. The lowest BCUT2D eigenvalue weighted by Gasteiger charge is -2.24. The topological polar surface area (TPSA) is 66.3 Å². The van der Waals surface area contributed by atoms with E-state index in [-0.39, 0.29) is 11.9 Å². The minimum Gasteiger partial charge on any atom is -0.497 e. The third-order valence-corrected chi connectivity index (χ3v) is 6.87. The number of anilines is 1. The molecule has 1 N–H and O–H groups in total. The molecule has 0 aromatic heterocycles. The monoisotopic (exact) mass is 552 g/mol. The maximum absolute atomic E-state index is 12.4. The average molecular weight is 553 g/mol. The van der Waals surface area contributed by atoms with Crippen molar-refractivity contribution in [1.29, 1.82) is 0 Å². The van der Waals surface area contributed by atoms with Crippen LogP contribution in [-0.2, 0) is 0 Å². The Labute approximate surface area is 224 Å². The number of ether oxygens (including phenoxy) is 1. The van der Waals surface area contributed by atoms with Crippen molar-refractivity contribution in [2.75, 3.05) is 12.1 Å². The van der Waals surface area contributed by atoms with Crippen molar-refractivity contribution in [3.8, 4) is 5.75 Å². The molecule has 0 bridgehead atoms. The quantitative estimate of drug-likeness (QED) is 0.208. The predicted molar refractivity (Wildman–Crippen MR) is 151 cm³/mol. The molecule has 0 aliphatic carbocycles. The number of benzene rings is 4. The van der Waals surface area contributed by atoms with Crippen LogP contribution in [-0.4, -0.2) is 24.9 Å². The van der Waals surface area contributed by atoms with Crippen LogP contribution >= 0.6 is 15.9 Å². The number of nitrogens with one attached hydrogen (secondary N) is 1. The van der Waals surface area contributed by atoms with Crippen molar-refractivity contribution in [3.05, 3.63) is 130 Å². The highest BCUT2D eigenvalue weighted by Crippen LogP contribution is 2.37. The van der Waals surface area contributed by atoms with E-state index in [0.717, 1.165) is 44.7 Å². The Hall–Kier alpha value is -4.23. The molecule has 7 heteroatoms. The lowest BCUT2D eigenvalue weighted by Crippen LogP contribution is -2.18. The number of halogens is 1. The van der Waals surface area contributed by atoms with Gasteiger partial charge in [0.05, 0.1) is 36.3 Å². The van der Waals surface area contributed by atoms with Gasteiger partial charge in [0.15, 0.2) is 0 Å². The maximum atomic E-state index is 12.4. The average Bonchev–Trinajstić information content (AvgIpc) is 3.40. The van der Waals surface area contributed by atoms with Gasteiger partial charge in [0.2, 0.25) is 0 Å². The van der Waals surface area contributed by atoms with Crippen LogP contribution < -0.4 is 15.2 Å². The molecule has 1 atom stereocenters. The molecule has 1 heterocycles. The summed E-state index contributed by atoms with van der Waals surface area (Å²) in [6.45, 7) is 0. The van der Waals surface area contributed by atoms with E-state index in [9.17, 15) is 4.79 Å². The molecule has 1 unspecified atom stereocenters. The summed E-state index contributed by atoms with van der Waals surface area (Å²) in [4.78, 5) is 12.4. The van der Waals surface area contributed by atoms with Crippen molar-refractivity contribution >= 4 is 39.5 Å². The van der Waals surface area contributed by atoms with Gasteiger partial charge in [0.25, 0.3) is 5.91 Å². The summed E-state index contributed by atoms with van der Waals surface area (Å²) in [6, 6.07) is 33.7. The molecule has 0 saturated heterocycles. The van der Waals surface area contributed by atoms with Crippen LogP contribution in [0, 0.1) is 0 Å². The zero-order valence-corrected chi connectivity index (χ0v) is 21.8. The van der Waals surface area contributed by atoms with E-state index in [1.165, 1.54) is 0 Å². The molecular weight excluding hydrogens is 528 g/mol. The maximum Gasteiger partial charge on any atom is 0.272 e. The molecule has 5 rings (SSSR count). The molecule has 0 saturated carbocycles. The molecular formula is C30H25BrN4O2. The Balaban J connectivity index is 1.35. The number of hydrogen-bond donors (Lipinski definition) is 1. The van der Waals surface area contributed by atoms with E-state index in [1.54, 1.807) is 19.4 Å². The third kappa shape index (κ3) is 5.62. The molecule has 0 fully saturated rings. The molecule has 6 nitrogen and oxygen atoms in total. The minimum atomic E-state index is -0.275. The molecule has 0 spiro atoms. The van der Waals surface area contributed by atoms with Gasteiger partial charge in [0, 0.05) is 10.9 Å². The van der Waals surface area contributed by atoms with Gasteiger partial charge < -0.3 is 4.74 Å². The van der Waals surface area contributed by atoms with Gasteiger partial charge >= 0.3 is 0 Å². The molecule has 1 aliphatic rings. The van der Waals surface area contributed by atoms with Crippen molar-refractivity contribution in [3.63, 3.8) is 0 Å². The first-order valence-corrected chi connectivity index (χ1v) is 12.7. The first-order valence-electron chi connectivity index (χ1n) is 11.9. The number of rotatable bonds is 7. The molecule has 4 aromatic carbocycles. The third-order valence-electron chi connectivity index (χ3n) is 6.17. The Morgan fingerprint density at radius 3 is 2.38 bits per heavy atom. The first kappa shape index (κ1) is 24.5. The van der Waals surface area contributed by atoms with Gasteiger partial charge in [-0.2, -0.15) is 10.2 Å². The van der Waals surface area contributed by atoms with Crippen LogP contribution in [0.4, 0.5) is 5.69 Å². The van der Waals surface area contributed by atoms with Gasteiger partial charge in [-0.1, -0.05) is 66.7 Å². The van der Waals surface area contributed by atoms with Crippen LogP contribution in [0.25, 0.3) is 0 Å². The molecule has 1 aliphatic heterocycles. The van der Waals surface area contributed by atoms with E-state index in [1.807, 2.05) is 72.8 Å². The van der Waals surface area contributed by atoms with E-state index < -0.39 is 0 Å². The van der Waals surface area contributed by atoms with E-state index >= 15 is 0 Å². The molecule has 4 aromatic rings. The molecule has 1 amide bonds. The van der Waals surface area contributed by atoms with Crippen molar-refractivity contribution in [2.45, 2.75) is 12.5 Å². The summed E-state index contributed by atoms with van der Waals surface area (Å²) in [5.74, 6) is 0.551. The van der Waals surface area contributed by atoms with Crippen LogP contribution in [0.15, 0.2) is 118 Å². The Bertz CT molecular complexity index is 1430. The highest BCUT2D eigenvalue weighted by Gasteiger charge is 2.29. The van der Waals surface area contributed by atoms with Crippen molar-refractivity contribution in [1.82, 2.24) is 5.43 Å². The number of nitrogens with zero attached hydrogens (tertiary/aromatic N) is 3. The number of methoxy groups -OCH3 is 1. The van der Waals surface area contributed by atoms with Gasteiger partial charge in [0.1, 0.15) is 5.75 Å². The number of hydrogen-bond acceptors (Lipinski definition) is 5. The van der Waals surface area contributed by atoms with Gasteiger partial charge in [-0.15, -0.1) is 0 Å². The fourth-order valence-corrected chi connectivity index (χ4v) is 4.69. The highest BCUT2D eigenvalue weighted by molar-refractivity contribution is 9.10. The van der Waals surface area contributed by atoms with Gasteiger partial charge in [-0.3, -0.25) is 9.80 Å². The zero-order valence-electron chi connectivity index (χ0n) is 20.2. The summed E-state index contributed by atoms with van der Waals surface area (Å²) in [5, 5.41) is 11.2. The molecule has 0 radical (unpaired) electrons. The SMILES string of the molecule is COc1ccc(C2CC(c3ccccc3)=NN2c2ccc(/C=N/NC(=O)c3ccccc3Br)cc2)cc1. The first-order chi connectivity index (χ1) is 18.1. The van der Waals surface area contributed by atoms with Gasteiger partial charge in [-0.05, 0) is 69.0 Å². The van der Waals surface area contributed by atoms with E-state index in [2.05, 4.69) is 55.7 Å². The van der Waals surface area contributed by atoms with Crippen molar-refractivity contribution in [2.24, 2.45) is 10.2 Å². The smallest absolute Gasteiger partial charge is 0.272 e. The lowest BCUT2D eigenvalue weighted by atomic mass is 9.98. The summed E-state index contributed by atoms with van der Waals surface area (Å²) < 4.78 is 6.06. The van der Waals surface area contributed by atoms with E-state index in [0.29, 0.717) is 5.56 Å². The Kier molecular flexibility index (Phi) is 7.42. The number of carbonyl (C=O) groups is 1. The van der Waals surface area contributed by atoms with Crippen LogP contribution in [0.1, 0.15) is 39.5 Å². The Morgan fingerprint density at radius 1 is 0.973 bits per heavy atom. The normalized spacial score (nSPS) is 15.0. The zero-order chi connectivity index (χ0) is 25.6. The van der Waals surface area contributed by atoms with E-state index in [4.69, 9.17) is 9.84 Å². The second-order valence-electron chi connectivity index (χ2n) is 8.52. The standard InChI is InChI=1S/C30H25BrN4O2/c1-37-25-17-13-23(14-18-25)29-19-28(22-7-3-2-4-8-22)34-35(29)24-15-11-21(12-16-24)20-32-33-30(36)26-9-5-6-10-27(26)31/h2-18,20,29H,19H2,1H3,(H,33,36)/b32-20+. The molecule has 184 valence electrons. The second kappa shape index (κ2) is 11.2. The number of carbonyl (C=O) groups excluding carboxylic acids is 1. The second-order valence-corrected chi connectivity index (χ2v) is 9.38.